The molecule has 1 fully saturated rings. The summed E-state index contributed by atoms with van der Waals surface area (Å²) in [4.78, 5) is 16.1. The quantitative estimate of drug-likeness (QED) is 0.811. The summed E-state index contributed by atoms with van der Waals surface area (Å²) in [6.07, 6.45) is 0.590. The Labute approximate surface area is 113 Å². The first-order chi connectivity index (χ1) is 8.85. The van der Waals surface area contributed by atoms with Crippen LogP contribution in [0.3, 0.4) is 0 Å². The molecule has 0 spiro atoms. The molecule has 0 aromatic carbocycles. The third kappa shape index (κ3) is 3.68. The number of piperazine rings is 1. The summed E-state index contributed by atoms with van der Waals surface area (Å²) in [6, 6.07) is 0.556. The number of hydrogen-bond donors (Lipinski definition) is 0. The molecule has 0 N–H and O–H groups in total. The smallest absolute Gasteiger partial charge is 0.318 e. The van der Waals surface area contributed by atoms with E-state index in [1.165, 1.54) is 0 Å². The number of nitrogens with zero attached hydrogens (tertiary/aromatic N) is 4. The Kier molecular flexibility index (Phi) is 3.78. The van der Waals surface area contributed by atoms with E-state index in [-0.39, 0.29) is 11.3 Å². The van der Waals surface area contributed by atoms with Gasteiger partial charge in [-0.05, 0) is 5.41 Å². The highest BCUT2D eigenvalue weighted by Crippen LogP contribution is 2.21. The standard InChI is InChI=1S/C13H22N4O2/c1-10-14-15-12(19-10)17-7-5-16(6-8-17)11(18)9-13(2,3)4/h5-9H2,1-4H3. The highest BCUT2D eigenvalue weighted by atomic mass is 16.4. The van der Waals surface area contributed by atoms with Crippen LogP contribution in [0, 0.1) is 12.3 Å². The van der Waals surface area contributed by atoms with E-state index >= 15 is 0 Å². The Morgan fingerprint density at radius 3 is 2.32 bits per heavy atom. The van der Waals surface area contributed by atoms with Gasteiger partial charge in [-0.15, -0.1) is 5.10 Å². The number of amides is 1. The van der Waals surface area contributed by atoms with Gasteiger partial charge in [0.05, 0.1) is 0 Å². The molecule has 1 aliphatic rings. The molecule has 6 nitrogen and oxygen atoms in total. The van der Waals surface area contributed by atoms with E-state index < -0.39 is 0 Å². The largest absolute Gasteiger partial charge is 0.408 e. The van der Waals surface area contributed by atoms with Crippen molar-refractivity contribution in [2.45, 2.75) is 34.1 Å². The van der Waals surface area contributed by atoms with Crippen molar-refractivity contribution < 1.29 is 9.21 Å². The highest BCUT2D eigenvalue weighted by molar-refractivity contribution is 5.77. The minimum atomic E-state index is 0.0395. The molecule has 6 heteroatoms. The Balaban J connectivity index is 1.87. The van der Waals surface area contributed by atoms with Crippen LogP contribution in [-0.4, -0.2) is 47.2 Å². The third-order valence-electron chi connectivity index (χ3n) is 3.10. The van der Waals surface area contributed by atoms with Gasteiger partial charge in [-0.1, -0.05) is 25.9 Å². The molecule has 1 aromatic rings. The van der Waals surface area contributed by atoms with Crippen molar-refractivity contribution in [2.75, 3.05) is 31.1 Å². The average molecular weight is 266 g/mol. The Morgan fingerprint density at radius 2 is 1.84 bits per heavy atom. The van der Waals surface area contributed by atoms with Crippen LogP contribution < -0.4 is 4.90 Å². The normalized spacial score (nSPS) is 16.8. The molecule has 106 valence electrons. The molecule has 2 heterocycles. The monoisotopic (exact) mass is 266 g/mol. The van der Waals surface area contributed by atoms with Gasteiger partial charge in [-0.3, -0.25) is 4.79 Å². The van der Waals surface area contributed by atoms with E-state index in [4.69, 9.17) is 4.42 Å². The summed E-state index contributed by atoms with van der Waals surface area (Å²) in [6.45, 7) is 11.0. The molecule has 19 heavy (non-hydrogen) atoms. The summed E-state index contributed by atoms with van der Waals surface area (Å²) in [5.74, 6) is 0.801. The van der Waals surface area contributed by atoms with Crippen molar-refractivity contribution >= 4 is 11.9 Å². The van der Waals surface area contributed by atoms with Crippen molar-refractivity contribution in [3.63, 3.8) is 0 Å². The number of rotatable bonds is 2. The zero-order valence-corrected chi connectivity index (χ0v) is 12.1. The minimum absolute atomic E-state index is 0.0395. The van der Waals surface area contributed by atoms with E-state index in [2.05, 4.69) is 31.0 Å². The maximum atomic E-state index is 12.1. The summed E-state index contributed by atoms with van der Waals surface area (Å²) in [5.41, 5.74) is 0.0395. The fraction of sp³-hybridized carbons (Fsp3) is 0.769. The van der Waals surface area contributed by atoms with Crippen molar-refractivity contribution in [1.82, 2.24) is 15.1 Å². The molecule has 1 aromatic heterocycles. The van der Waals surface area contributed by atoms with Crippen molar-refractivity contribution in [3.05, 3.63) is 5.89 Å². The zero-order valence-electron chi connectivity index (χ0n) is 12.1. The lowest BCUT2D eigenvalue weighted by Crippen LogP contribution is -2.49. The van der Waals surface area contributed by atoms with Crippen LogP contribution in [0.25, 0.3) is 0 Å². The van der Waals surface area contributed by atoms with E-state index in [9.17, 15) is 4.79 Å². The van der Waals surface area contributed by atoms with Gasteiger partial charge in [-0.25, -0.2) is 0 Å². The molecule has 1 saturated heterocycles. The zero-order chi connectivity index (χ0) is 14.0. The van der Waals surface area contributed by atoms with Crippen LogP contribution in [0.2, 0.25) is 0 Å². The molecule has 1 aliphatic heterocycles. The molecule has 2 rings (SSSR count). The summed E-state index contributed by atoms with van der Waals surface area (Å²) in [5, 5.41) is 7.83. The van der Waals surface area contributed by atoms with Gasteiger partial charge < -0.3 is 14.2 Å². The van der Waals surface area contributed by atoms with Gasteiger partial charge in [0, 0.05) is 39.5 Å². The maximum Gasteiger partial charge on any atom is 0.318 e. The predicted molar refractivity (Wildman–Crippen MR) is 71.9 cm³/mol. The molecule has 1 amide bonds. The number of anilines is 1. The first-order valence-electron chi connectivity index (χ1n) is 6.68. The molecule has 0 bridgehead atoms. The lowest BCUT2D eigenvalue weighted by molar-refractivity contribution is -0.133. The van der Waals surface area contributed by atoms with Crippen LogP contribution in [0.5, 0.6) is 0 Å². The third-order valence-corrected chi connectivity index (χ3v) is 3.10. The number of carbonyl (C=O) groups excluding carboxylic acids is 1. The van der Waals surface area contributed by atoms with Gasteiger partial charge in [0.2, 0.25) is 11.8 Å². The van der Waals surface area contributed by atoms with E-state index in [1.54, 1.807) is 6.92 Å². The lowest BCUT2D eigenvalue weighted by atomic mass is 9.91. The van der Waals surface area contributed by atoms with Gasteiger partial charge in [0.1, 0.15) is 0 Å². The SMILES string of the molecule is Cc1nnc(N2CCN(C(=O)CC(C)(C)C)CC2)o1. The van der Waals surface area contributed by atoms with Gasteiger partial charge in [0.25, 0.3) is 0 Å². The van der Waals surface area contributed by atoms with Crippen LogP contribution >= 0.6 is 0 Å². The van der Waals surface area contributed by atoms with E-state index in [0.29, 0.717) is 18.3 Å². The molecular formula is C13H22N4O2. The second-order valence-electron chi connectivity index (χ2n) is 6.21. The topological polar surface area (TPSA) is 62.5 Å². The van der Waals surface area contributed by atoms with Crippen molar-refractivity contribution in [1.29, 1.82) is 0 Å². The summed E-state index contributed by atoms with van der Waals surface area (Å²) >= 11 is 0. The first-order valence-corrected chi connectivity index (χ1v) is 6.68. The fourth-order valence-electron chi connectivity index (χ4n) is 2.13. The molecule has 0 saturated carbocycles. The summed E-state index contributed by atoms with van der Waals surface area (Å²) < 4.78 is 5.40. The van der Waals surface area contributed by atoms with Crippen molar-refractivity contribution in [2.24, 2.45) is 5.41 Å². The number of carbonyl (C=O) groups is 1. The van der Waals surface area contributed by atoms with E-state index in [0.717, 1.165) is 26.2 Å². The Morgan fingerprint density at radius 1 is 1.21 bits per heavy atom. The second kappa shape index (κ2) is 5.19. The fourth-order valence-corrected chi connectivity index (χ4v) is 2.13. The number of aromatic nitrogens is 2. The van der Waals surface area contributed by atoms with Gasteiger partial charge in [0.15, 0.2) is 0 Å². The van der Waals surface area contributed by atoms with Crippen LogP contribution in [0.1, 0.15) is 33.1 Å². The molecule has 0 radical (unpaired) electrons. The number of hydrogen-bond acceptors (Lipinski definition) is 5. The van der Waals surface area contributed by atoms with E-state index in [1.807, 2.05) is 9.80 Å². The number of aryl methyl sites for hydroxylation is 1. The first kappa shape index (κ1) is 13.8. The molecular weight excluding hydrogens is 244 g/mol. The summed E-state index contributed by atoms with van der Waals surface area (Å²) in [7, 11) is 0. The highest BCUT2D eigenvalue weighted by Gasteiger charge is 2.26. The minimum Gasteiger partial charge on any atom is -0.408 e. The second-order valence-corrected chi connectivity index (χ2v) is 6.21. The van der Waals surface area contributed by atoms with Crippen LogP contribution in [0.4, 0.5) is 6.01 Å². The van der Waals surface area contributed by atoms with Gasteiger partial charge >= 0.3 is 6.01 Å². The maximum absolute atomic E-state index is 12.1. The lowest BCUT2D eigenvalue weighted by Gasteiger charge is -2.35. The molecule has 0 atom stereocenters. The molecule has 0 aliphatic carbocycles. The molecule has 0 unspecified atom stereocenters. The Bertz CT molecular complexity index is 442. The van der Waals surface area contributed by atoms with Crippen LogP contribution in [0.15, 0.2) is 4.42 Å². The predicted octanol–water partition coefficient (Wildman–Crippen LogP) is 1.46. The van der Waals surface area contributed by atoms with Crippen molar-refractivity contribution in [3.8, 4) is 0 Å². The van der Waals surface area contributed by atoms with Gasteiger partial charge in [-0.2, -0.15) is 0 Å². The Hall–Kier alpha value is -1.59. The van der Waals surface area contributed by atoms with Crippen LogP contribution in [-0.2, 0) is 4.79 Å². The average Bonchev–Trinajstić information content (AvgIpc) is 2.74.